The molecule has 0 aliphatic heterocycles. The molecule has 0 heterocycles. The van der Waals surface area contributed by atoms with E-state index in [2.05, 4.69) is 5.32 Å². The van der Waals surface area contributed by atoms with Crippen LogP contribution in [0.2, 0.25) is 15.1 Å². The molecule has 0 saturated heterocycles. The van der Waals surface area contributed by atoms with Gasteiger partial charge in [0, 0.05) is 22.3 Å². The van der Waals surface area contributed by atoms with Gasteiger partial charge in [0.2, 0.25) is 0 Å². The maximum atomic E-state index is 11.0. The average Bonchev–Trinajstić information content (AvgIpc) is 2.39. The van der Waals surface area contributed by atoms with Crippen molar-refractivity contribution < 1.29 is 9.90 Å². The van der Waals surface area contributed by atoms with Crippen molar-refractivity contribution in [3.8, 4) is 0 Å². The van der Waals surface area contributed by atoms with Crippen LogP contribution in [0.4, 0.5) is 5.69 Å². The summed E-state index contributed by atoms with van der Waals surface area (Å²) in [5, 5.41) is 13.4. The van der Waals surface area contributed by atoms with Gasteiger partial charge in [0.05, 0.1) is 10.6 Å². The molecular formula is C14H10Cl3NO2. The van der Waals surface area contributed by atoms with E-state index in [-0.39, 0.29) is 10.6 Å². The van der Waals surface area contributed by atoms with Gasteiger partial charge in [-0.15, -0.1) is 0 Å². The van der Waals surface area contributed by atoms with Crippen LogP contribution in [0.25, 0.3) is 0 Å². The highest BCUT2D eigenvalue weighted by Gasteiger charge is 2.09. The first-order valence-electron chi connectivity index (χ1n) is 5.68. The van der Waals surface area contributed by atoms with E-state index in [4.69, 9.17) is 39.9 Å². The largest absolute Gasteiger partial charge is 0.478 e. The minimum Gasteiger partial charge on any atom is -0.478 e. The smallest absolute Gasteiger partial charge is 0.337 e. The first-order chi connectivity index (χ1) is 9.47. The number of nitrogens with one attached hydrogen (secondary N) is 1. The summed E-state index contributed by atoms with van der Waals surface area (Å²) in [7, 11) is 0. The highest BCUT2D eigenvalue weighted by Crippen LogP contribution is 2.24. The lowest BCUT2D eigenvalue weighted by Crippen LogP contribution is -2.03. The second-order valence-corrected chi connectivity index (χ2v) is 5.34. The molecule has 0 atom stereocenters. The summed E-state index contributed by atoms with van der Waals surface area (Å²) in [6, 6.07) is 9.94. The van der Waals surface area contributed by atoms with Gasteiger partial charge in [0.25, 0.3) is 0 Å². The maximum Gasteiger partial charge on any atom is 0.337 e. The Kier molecular flexibility index (Phi) is 4.76. The molecule has 2 N–H and O–H groups in total. The molecule has 6 heteroatoms. The van der Waals surface area contributed by atoms with Gasteiger partial charge in [-0.25, -0.2) is 4.79 Å². The number of halogens is 3. The highest BCUT2D eigenvalue weighted by atomic mass is 35.5. The lowest BCUT2D eigenvalue weighted by atomic mass is 10.2. The van der Waals surface area contributed by atoms with E-state index in [1.165, 1.54) is 12.1 Å². The van der Waals surface area contributed by atoms with Crippen LogP contribution in [0.5, 0.6) is 0 Å². The first kappa shape index (κ1) is 15.0. The van der Waals surface area contributed by atoms with E-state index in [0.717, 1.165) is 5.56 Å². The van der Waals surface area contributed by atoms with E-state index in [9.17, 15) is 4.79 Å². The number of hydrogen-bond acceptors (Lipinski definition) is 2. The molecule has 3 nitrogen and oxygen atoms in total. The molecule has 20 heavy (non-hydrogen) atoms. The molecule has 0 aliphatic rings. The summed E-state index contributed by atoms with van der Waals surface area (Å²) in [5.74, 6) is -1.07. The van der Waals surface area contributed by atoms with Crippen molar-refractivity contribution in [3.05, 3.63) is 62.6 Å². The number of carbonyl (C=O) groups is 1. The molecule has 2 rings (SSSR count). The monoisotopic (exact) mass is 329 g/mol. The van der Waals surface area contributed by atoms with Gasteiger partial charge in [0.1, 0.15) is 0 Å². The molecule has 0 aromatic heterocycles. The second-order valence-electron chi connectivity index (χ2n) is 4.09. The van der Waals surface area contributed by atoms with E-state index >= 15 is 0 Å². The minimum absolute atomic E-state index is 0.0545. The fourth-order valence-electron chi connectivity index (χ4n) is 1.66. The van der Waals surface area contributed by atoms with Crippen LogP contribution in [0.15, 0.2) is 36.4 Å². The molecule has 0 aliphatic carbocycles. The van der Waals surface area contributed by atoms with Crippen LogP contribution in [0.1, 0.15) is 15.9 Å². The van der Waals surface area contributed by atoms with Gasteiger partial charge in [-0.2, -0.15) is 0 Å². The van der Waals surface area contributed by atoms with Crippen LogP contribution < -0.4 is 5.32 Å². The fourth-order valence-corrected chi connectivity index (χ4v) is 2.34. The molecule has 0 radical (unpaired) electrons. The number of rotatable bonds is 4. The number of benzene rings is 2. The Hall–Kier alpha value is -1.42. The van der Waals surface area contributed by atoms with Gasteiger partial charge in [0.15, 0.2) is 0 Å². The van der Waals surface area contributed by atoms with Gasteiger partial charge < -0.3 is 10.4 Å². The van der Waals surface area contributed by atoms with Gasteiger partial charge in [-0.3, -0.25) is 0 Å². The van der Waals surface area contributed by atoms with Crippen molar-refractivity contribution in [1.29, 1.82) is 0 Å². The van der Waals surface area contributed by atoms with Crippen LogP contribution in [-0.4, -0.2) is 11.1 Å². The Balaban J connectivity index is 2.15. The lowest BCUT2D eigenvalue weighted by molar-refractivity contribution is 0.0697. The topological polar surface area (TPSA) is 49.3 Å². The number of hydrogen-bond donors (Lipinski definition) is 2. The van der Waals surface area contributed by atoms with Crippen molar-refractivity contribution in [3.63, 3.8) is 0 Å². The summed E-state index contributed by atoms with van der Waals surface area (Å²) in [6.07, 6.45) is 0. The van der Waals surface area contributed by atoms with Crippen LogP contribution in [-0.2, 0) is 6.54 Å². The quantitative estimate of drug-likeness (QED) is 0.833. The zero-order valence-corrected chi connectivity index (χ0v) is 12.4. The van der Waals surface area contributed by atoms with Crippen LogP contribution in [0.3, 0.4) is 0 Å². The number of carboxylic acid groups (broad SMARTS) is 1. The van der Waals surface area contributed by atoms with Crippen molar-refractivity contribution >= 4 is 46.5 Å². The van der Waals surface area contributed by atoms with Crippen LogP contribution in [0, 0.1) is 0 Å². The Morgan fingerprint density at radius 1 is 1.05 bits per heavy atom. The summed E-state index contributed by atoms with van der Waals surface area (Å²) in [6.45, 7) is 0.455. The zero-order chi connectivity index (χ0) is 14.7. The molecule has 0 saturated carbocycles. The molecule has 2 aromatic carbocycles. The van der Waals surface area contributed by atoms with E-state index in [1.807, 2.05) is 6.07 Å². The van der Waals surface area contributed by atoms with Crippen molar-refractivity contribution in [2.24, 2.45) is 0 Å². The summed E-state index contributed by atoms with van der Waals surface area (Å²) in [5.41, 5.74) is 1.57. The third-order valence-electron chi connectivity index (χ3n) is 2.69. The molecule has 0 amide bonds. The molecule has 0 bridgehead atoms. The zero-order valence-electron chi connectivity index (χ0n) is 10.2. The van der Waals surface area contributed by atoms with E-state index < -0.39 is 5.97 Å². The van der Waals surface area contributed by atoms with Gasteiger partial charge in [-0.1, -0.05) is 40.9 Å². The van der Waals surface area contributed by atoms with E-state index in [1.54, 1.807) is 18.2 Å². The molecule has 104 valence electrons. The fraction of sp³-hybridized carbons (Fsp3) is 0.0714. The predicted molar refractivity (Wildman–Crippen MR) is 82.2 cm³/mol. The SMILES string of the molecule is O=C(O)c1cc(NCc2ccc(Cl)cc2Cl)ccc1Cl. The first-order valence-corrected chi connectivity index (χ1v) is 6.81. The molecule has 0 unspecified atom stereocenters. The second kappa shape index (κ2) is 6.35. The van der Waals surface area contributed by atoms with Gasteiger partial charge >= 0.3 is 5.97 Å². The predicted octanol–water partition coefficient (Wildman–Crippen LogP) is 4.96. The van der Waals surface area contributed by atoms with Crippen molar-refractivity contribution in [2.45, 2.75) is 6.54 Å². The summed E-state index contributed by atoms with van der Waals surface area (Å²) >= 11 is 17.7. The third-order valence-corrected chi connectivity index (χ3v) is 3.61. The van der Waals surface area contributed by atoms with Crippen LogP contribution >= 0.6 is 34.8 Å². The van der Waals surface area contributed by atoms with Crippen molar-refractivity contribution in [2.75, 3.05) is 5.32 Å². The average molecular weight is 331 g/mol. The lowest BCUT2D eigenvalue weighted by Gasteiger charge is -2.09. The Bertz CT molecular complexity index is 659. The third kappa shape index (κ3) is 3.57. The Morgan fingerprint density at radius 2 is 1.80 bits per heavy atom. The number of anilines is 1. The van der Waals surface area contributed by atoms with Crippen molar-refractivity contribution in [1.82, 2.24) is 0 Å². The number of aromatic carboxylic acids is 1. The number of carboxylic acids is 1. The molecular weight excluding hydrogens is 321 g/mol. The molecule has 0 fully saturated rings. The Labute approximate surface area is 131 Å². The maximum absolute atomic E-state index is 11.0. The Morgan fingerprint density at radius 3 is 2.45 bits per heavy atom. The standard InChI is InChI=1S/C14H10Cl3NO2/c15-9-2-1-8(13(17)5-9)7-18-10-3-4-12(16)11(6-10)14(19)20/h1-6,18H,7H2,(H,19,20). The summed E-state index contributed by atoms with van der Waals surface area (Å²) < 4.78 is 0. The van der Waals surface area contributed by atoms with E-state index in [0.29, 0.717) is 22.3 Å². The molecule has 2 aromatic rings. The minimum atomic E-state index is -1.07. The molecule has 0 spiro atoms. The van der Waals surface area contributed by atoms with Gasteiger partial charge in [-0.05, 0) is 35.9 Å². The highest BCUT2D eigenvalue weighted by molar-refractivity contribution is 6.35. The normalized spacial score (nSPS) is 10.3. The summed E-state index contributed by atoms with van der Waals surface area (Å²) in [4.78, 5) is 11.0.